The van der Waals surface area contributed by atoms with Gasteiger partial charge in [-0.05, 0) is 36.9 Å². The van der Waals surface area contributed by atoms with Crippen molar-refractivity contribution in [1.29, 1.82) is 0 Å². The molecule has 0 unspecified atom stereocenters. The van der Waals surface area contributed by atoms with Gasteiger partial charge in [-0.2, -0.15) is 0 Å². The van der Waals surface area contributed by atoms with Crippen LogP contribution < -0.4 is 0 Å². The minimum absolute atomic E-state index is 0.0202. The van der Waals surface area contributed by atoms with Gasteiger partial charge in [0, 0.05) is 19.0 Å². The third kappa shape index (κ3) is 4.83. The molecule has 24 heavy (non-hydrogen) atoms. The Morgan fingerprint density at radius 1 is 0.917 bits per heavy atom. The monoisotopic (exact) mass is 343 g/mol. The van der Waals surface area contributed by atoms with Crippen LogP contribution in [0, 0.1) is 0 Å². The first kappa shape index (κ1) is 17.5. The zero-order valence-corrected chi connectivity index (χ0v) is 14.9. The Labute approximate surface area is 150 Å². The smallest absolute Gasteiger partial charge is 0.108 e. The highest BCUT2D eigenvalue weighted by Gasteiger charge is 2.24. The van der Waals surface area contributed by atoms with E-state index in [9.17, 15) is 0 Å². The van der Waals surface area contributed by atoms with E-state index in [0.717, 1.165) is 44.8 Å². The van der Waals surface area contributed by atoms with Crippen LogP contribution in [0.4, 0.5) is 0 Å². The molecule has 0 aromatic heterocycles. The van der Waals surface area contributed by atoms with Crippen LogP contribution in [0.1, 0.15) is 36.5 Å². The number of alkyl halides is 1. The predicted molar refractivity (Wildman–Crippen MR) is 101 cm³/mol. The highest BCUT2D eigenvalue weighted by Crippen LogP contribution is 2.29. The summed E-state index contributed by atoms with van der Waals surface area (Å²) < 4.78 is 6.56. The highest BCUT2D eigenvalue weighted by atomic mass is 35.5. The quantitative estimate of drug-likeness (QED) is 0.664. The van der Waals surface area contributed by atoms with Gasteiger partial charge in [0.25, 0.3) is 0 Å². The first-order valence-corrected chi connectivity index (χ1v) is 9.44. The van der Waals surface area contributed by atoms with Gasteiger partial charge in [0.05, 0.1) is 6.10 Å². The molecule has 0 N–H and O–H groups in total. The Balaban J connectivity index is 1.65. The highest BCUT2D eigenvalue weighted by molar-refractivity contribution is 6.17. The maximum Gasteiger partial charge on any atom is 0.108 e. The fraction of sp³-hybridized carbons (Fsp3) is 0.429. The molecule has 0 atom stereocenters. The fourth-order valence-electron chi connectivity index (χ4n) is 3.35. The van der Waals surface area contributed by atoms with Crippen LogP contribution in [0.25, 0.3) is 0 Å². The number of likely N-dealkylation sites (tertiary alicyclic amines) is 1. The van der Waals surface area contributed by atoms with Crippen LogP contribution in [0.5, 0.6) is 0 Å². The summed E-state index contributed by atoms with van der Waals surface area (Å²) in [7, 11) is 0. The lowest BCUT2D eigenvalue weighted by molar-refractivity contribution is -0.0268. The van der Waals surface area contributed by atoms with Crippen LogP contribution >= 0.6 is 11.6 Å². The lowest BCUT2D eigenvalue weighted by atomic mass is 10.00. The summed E-state index contributed by atoms with van der Waals surface area (Å²) in [6.07, 6.45) is 3.61. The van der Waals surface area contributed by atoms with Gasteiger partial charge in [-0.15, -0.1) is 11.6 Å². The maximum absolute atomic E-state index is 6.56. The van der Waals surface area contributed by atoms with Crippen LogP contribution in [-0.4, -0.2) is 36.5 Å². The average Bonchev–Trinajstić information content (AvgIpc) is 2.67. The SMILES string of the molecule is ClCCCN1CCC(OC(c2ccccc2)c2ccccc2)CC1. The van der Waals surface area contributed by atoms with Gasteiger partial charge >= 0.3 is 0 Å². The van der Waals surface area contributed by atoms with E-state index < -0.39 is 0 Å². The third-order valence-electron chi connectivity index (χ3n) is 4.68. The van der Waals surface area contributed by atoms with E-state index >= 15 is 0 Å². The molecule has 1 aliphatic heterocycles. The van der Waals surface area contributed by atoms with Crippen molar-refractivity contribution in [2.45, 2.75) is 31.5 Å². The van der Waals surface area contributed by atoms with Crippen molar-refractivity contribution in [2.24, 2.45) is 0 Å². The molecule has 1 aliphatic rings. The molecule has 0 bridgehead atoms. The Kier molecular flexibility index (Phi) is 6.71. The molecule has 0 saturated carbocycles. The zero-order chi connectivity index (χ0) is 16.6. The summed E-state index contributed by atoms with van der Waals surface area (Å²) in [5, 5.41) is 0. The van der Waals surface area contributed by atoms with Gasteiger partial charge in [-0.1, -0.05) is 60.7 Å². The second-order valence-electron chi connectivity index (χ2n) is 6.42. The molecule has 1 heterocycles. The van der Waals surface area contributed by atoms with E-state index in [-0.39, 0.29) is 6.10 Å². The van der Waals surface area contributed by atoms with E-state index in [4.69, 9.17) is 16.3 Å². The van der Waals surface area contributed by atoms with Crippen molar-refractivity contribution in [3.8, 4) is 0 Å². The summed E-state index contributed by atoms with van der Waals surface area (Å²) in [6.45, 7) is 3.33. The molecule has 0 aliphatic carbocycles. The van der Waals surface area contributed by atoms with Crippen molar-refractivity contribution >= 4 is 11.6 Å². The van der Waals surface area contributed by atoms with E-state index in [0.29, 0.717) is 6.10 Å². The van der Waals surface area contributed by atoms with E-state index in [1.165, 1.54) is 11.1 Å². The molecule has 3 rings (SSSR count). The summed E-state index contributed by atoms with van der Waals surface area (Å²) in [6, 6.07) is 21.1. The number of rotatable bonds is 7. The molecule has 0 radical (unpaired) electrons. The Morgan fingerprint density at radius 3 is 1.96 bits per heavy atom. The first-order chi connectivity index (χ1) is 11.9. The Hall–Kier alpha value is -1.35. The molecule has 1 saturated heterocycles. The average molecular weight is 344 g/mol. The Bertz CT molecular complexity index is 542. The second kappa shape index (κ2) is 9.22. The number of hydrogen-bond acceptors (Lipinski definition) is 2. The fourth-order valence-corrected chi connectivity index (χ4v) is 3.47. The van der Waals surface area contributed by atoms with Crippen molar-refractivity contribution < 1.29 is 4.74 Å². The number of benzene rings is 2. The zero-order valence-electron chi connectivity index (χ0n) is 14.1. The number of piperidine rings is 1. The summed E-state index contributed by atoms with van der Waals surface area (Å²) in [5.41, 5.74) is 2.46. The van der Waals surface area contributed by atoms with Crippen molar-refractivity contribution in [1.82, 2.24) is 4.90 Å². The van der Waals surface area contributed by atoms with Gasteiger partial charge in [0.15, 0.2) is 0 Å². The summed E-state index contributed by atoms with van der Waals surface area (Å²) in [5.74, 6) is 0.751. The van der Waals surface area contributed by atoms with Gasteiger partial charge in [-0.3, -0.25) is 0 Å². The molecule has 0 amide bonds. The summed E-state index contributed by atoms with van der Waals surface area (Å²) in [4.78, 5) is 2.50. The third-order valence-corrected chi connectivity index (χ3v) is 4.94. The lowest BCUT2D eigenvalue weighted by Gasteiger charge is -2.34. The van der Waals surface area contributed by atoms with Crippen molar-refractivity contribution in [2.75, 3.05) is 25.5 Å². The van der Waals surface area contributed by atoms with Crippen LogP contribution in [-0.2, 0) is 4.74 Å². The molecule has 0 spiro atoms. The standard InChI is InChI=1S/C21H26ClNO/c22-14-7-15-23-16-12-20(13-17-23)24-21(18-8-3-1-4-9-18)19-10-5-2-6-11-19/h1-6,8-11,20-21H,7,12-17H2. The molecular weight excluding hydrogens is 318 g/mol. The molecule has 1 fully saturated rings. The number of nitrogens with zero attached hydrogens (tertiary/aromatic N) is 1. The van der Waals surface area contributed by atoms with E-state index in [1.54, 1.807) is 0 Å². The molecule has 3 heteroatoms. The number of hydrogen-bond donors (Lipinski definition) is 0. The molecular formula is C21H26ClNO. The predicted octanol–water partition coefficient (Wildman–Crippen LogP) is 4.89. The normalized spacial score (nSPS) is 16.6. The first-order valence-electron chi connectivity index (χ1n) is 8.90. The topological polar surface area (TPSA) is 12.5 Å². The minimum Gasteiger partial charge on any atom is -0.365 e. The van der Waals surface area contributed by atoms with Crippen molar-refractivity contribution in [3.63, 3.8) is 0 Å². The molecule has 2 aromatic rings. The van der Waals surface area contributed by atoms with Gasteiger partial charge in [0.2, 0.25) is 0 Å². The number of halogens is 1. The minimum atomic E-state index is 0.0202. The molecule has 2 nitrogen and oxygen atoms in total. The largest absolute Gasteiger partial charge is 0.365 e. The van der Waals surface area contributed by atoms with Crippen LogP contribution in [0.15, 0.2) is 60.7 Å². The second-order valence-corrected chi connectivity index (χ2v) is 6.80. The van der Waals surface area contributed by atoms with Gasteiger partial charge in [-0.25, -0.2) is 0 Å². The summed E-state index contributed by atoms with van der Waals surface area (Å²) >= 11 is 5.80. The van der Waals surface area contributed by atoms with Crippen LogP contribution in [0.2, 0.25) is 0 Å². The molecule has 128 valence electrons. The van der Waals surface area contributed by atoms with E-state index in [2.05, 4.69) is 65.6 Å². The van der Waals surface area contributed by atoms with Crippen LogP contribution in [0.3, 0.4) is 0 Å². The molecule has 2 aromatic carbocycles. The lowest BCUT2D eigenvalue weighted by Crippen LogP contribution is -2.38. The van der Waals surface area contributed by atoms with Crippen molar-refractivity contribution in [3.05, 3.63) is 71.8 Å². The van der Waals surface area contributed by atoms with E-state index in [1.807, 2.05) is 0 Å². The Morgan fingerprint density at radius 2 is 1.46 bits per heavy atom. The number of ether oxygens (including phenoxy) is 1. The van der Waals surface area contributed by atoms with Gasteiger partial charge in [0.1, 0.15) is 6.10 Å². The van der Waals surface area contributed by atoms with Gasteiger partial charge < -0.3 is 9.64 Å². The maximum atomic E-state index is 6.56.